The van der Waals surface area contributed by atoms with Gasteiger partial charge in [0.2, 0.25) is 0 Å². The first kappa shape index (κ1) is 48.7. The number of ether oxygens (including phenoxy) is 4. The molecule has 0 spiro atoms. The number of Topliss-reactive ketones (excluding diaryl/α,β-unsaturated/α-hetero) is 1. The summed E-state index contributed by atoms with van der Waals surface area (Å²) in [6.07, 6.45) is 0.549. The minimum Gasteiger partial charge on any atom is -0.378 e. The number of aliphatic hydroxyl groups is 1. The third kappa shape index (κ3) is 35.2. The fraction of sp³-hybridized carbons (Fsp3) is 0.889. The molecule has 18 radical (unpaired) electrons. The second-order valence-corrected chi connectivity index (χ2v) is 10.0. The Kier molecular flexibility index (Phi) is 41.9. The predicted octanol–water partition coefficient (Wildman–Crippen LogP) is -3.88. The molecule has 4 fully saturated rings. The summed E-state index contributed by atoms with van der Waals surface area (Å²) in [4.78, 5) is 20.9. The molecule has 23 heteroatoms. The summed E-state index contributed by atoms with van der Waals surface area (Å²) in [5.74, 6) is 0.285. The molecule has 0 saturated carbocycles. The first-order valence-corrected chi connectivity index (χ1v) is 13.9. The van der Waals surface area contributed by atoms with Gasteiger partial charge in [0, 0.05) is 115 Å². The Hall–Kier alpha value is 0.799. The van der Waals surface area contributed by atoms with Crippen LogP contribution in [0.1, 0.15) is 19.8 Å². The van der Waals surface area contributed by atoms with Crippen molar-refractivity contribution >= 4 is 116 Å². The Morgan fingerprint density at radius 3 is 1.56 bits per heavy atom. The molecule has 4 aliphatic heterocycles. The third-order valence-electron chi connectivity index (χ3n) is 4.59. The summed E-state index contributed by atoms with van der Waals surface area (Å²) in [6.45, 7) is 9.64. The number of hydrogen-bond donors (Lipinski definition) is 1. The van der Waals surface area contributed by atoms with Crippen molar-refractivity contribution in [2.45, 2.75) is 32.0 Å². The van der Waals surface area contributed by atoms with Gasteiger partial charge in [-0.2, -0.15) is 0 Å². The number of carbonyl (C=O) groups is 2. The SMILES string of the molecule is CC1COCCN1P.O=C1CCCOC1.O=C1COCCN1P.OC1COCCN1P.[B].[B]B([B])[B].[B][B].[B][B][B]. The molecule has 0 aromatic heterocycles. The van der Waals surface area contributed by atoms with Gasteiger partial charge in [0.05, 0.1) is 33.0 Å². The third-order valence-corrected chi connectivity index (χ3v) is 6.51. The standard InChI is InChI=1S/C5H12NOP.C5H8O2.C4H10NO2P.C4H8NO2P.B4.B3.B2.B/c1-5-4-7-3-2-6(5)8;6-5-2-1-3-7-4-5;2*6-4-3-7-2-1-5(4)8;1-4(2)3;1-3-2;1-2;/h5H,2-4,8H2,1H3;1-4H2;4,6H,1-3,8H2;1-3,8H2;;;;. The molecule has 4 rings (SSSR count). The van der Waals surface area contributed by atoms with Crippen molar-refractivity contribution in [2.24, 2.45) is 0 Å². The highest BCUT2D eigenvalue weighted by Gasteiger charge is 2.15. The van der Waals surface area contributed by atoms with Crippen molar-refractivity contribution in [2.75, 3.05) is 72.5 Å². The first-order chi connectivity index (χ1) is 19.0. The summed E-state index contributed by atoms with van der Waals surface area (Å²) in [7, 11) is 39.5. The molecular weight excluding hydrogens is 571 g/mol. The van der Waals surface area contributed by atoms with Gasteiger partial charge in [0.25, 0.3) is 5.91 Å². The number of aliphatic hydroxyl groups excluding tert-OH is 1. The summed E-state index contributed by atoms with van der Waals surface area (Å²) < 4.78 is 25.4. The summed E-state index contributed by atoms with van der Waals surface area (Å²) >= 11 is 0. The molecule has 1 N–H and O–H groups in total. The van der Waals surface area contributed by atoms with Gasteiger partial charge in [-0.25, -0.2) is 0 Å². The number of rotatable bonds is 0. The lowest BCUT2D eigenvalue weighted by molar-refractivity contribution is -0.135. The average Bonchev–Trinajstić information content (AvgIpc) is 2.92. The van der Waals surface area contributed by atoms with Crippen LogP contribution in [0.5, 0.6) is 0 Å². The zero-order valence-corrected chi connectivity index (χ0v) is 27.6. The minimum atomic E-state index is -0.667. The molecule has 4 aliphatic rings. The van der Waals surface area contributed by atoms with Crippen molar-refractivity contribution < 1.29 is 33.6 Å². The fourth-order valence-corrected chi connectivity index (χ4v) is 3.07. The van der Waals surface area contributed by atoms with Crippen LogP contribution < -0.4 is 0 Å². The summed E-state index contributed by atoms with van der Waals surface area (Å²) in [6, 6.07) is 0.578. The second-order valence-electron chi connectivity index (χ2n) is 8.06. The molecule has 0 aliphatic carbocycles. The van der Waals surface area contributed by atoms with E-state index in [9.17, 15) is 9.59 Å². The van der Waals surface area contributed by atoms with Crippen LogP contribution >= 0.6 is 28.2 Å². The maximum absolute atomic E-state index is 10.6. The number of nitrogens with zero attached hydrogens (tertiary/aromatic N) is 3. The van der Waals surface area contributed by atoms with Gasteiger partial charge in [-0.1, -0.05) is 18.8 Å². The van der Waals surface area contributed by atoms with Crippen LogP contribution in [0.15, 0.2) is 0 Å². The van der Waals surface area contributed by atoms with E-state index < -0.39 is 12.6 Å². The zero-order chi connectivity index (χ0) is 31.3. The largest absolute Gasteiger partial charge is 0.378 e. The summed E-state index contributed by atoms with van der Waals surface area (Å²) in [5, 5.41) is 8.96. The predicted molar refractivity (Wildman–Crippen MR) is 185 cm³/mol. The number of ketones is 1. The highest BCUT2D eigenvalue weighted by molar-refractivity contribution is 7.49. The van der Waals surface area contributed by atoms with E-state index in [0.29, 0.717) is 32.4 Å². The number of hydrogen-bond acceptors (Lipinski definition) is 9. The molecule has 4 heterocycles. The lowest BCUT2D eigenvalue weighted by Gasteiger charge is -2.28. The molecule has 41 heavy (non-hydrogen) atoms. The Balaban J connectivity index is -0.000000202. The van der Waals surface area contributed by atoms with Gasteiger partial charge < -0.3 is 28.7 Å². The van der Waals surface area contributed by atoms with Crippen molar-refractivity contribution in [3.8, 4) is 0 Å². The van der Waals surface area contributed by atoms with Crippen molar-refractivity contribution in [3.63, 3.8) is 0 Å². The molecule has 0 aromatic rings. The molecule has 0 aromatic carbocycles. The molecule has 212 valence electrons. The van der Waals surface area contributed by atoms with Crippen LogP contribution in [0.4, 0.5) is 0 Å². The smallest absolute Gasteiger partial charge is 0.251 e. The van der Waals surface area contributed by atoms with E-state index in [0.717, 1.165) is 59.4 Å². The lowest BCUT2D eigenvalue weighted by Crippen LogP contribution is -2.38. The van der Waals surface area contributed by atoms with Crippen LogP contribution in [-0.2, 0) is 28.5 Å². The lowest BCUT2D eigenvalue weighted by atomic mass is 9.08. The molecular formula is C18H38B10N3O7P3. The van der Waals surface area contributed by atoms with Crippen molar-refractivity contribution in [1.82, 2.24) is 14.0 Å². The van der Waals surface area contributed by atoms with Gasteiger partial charge in [0.1, 0.15) is 19.4 Å². The quantitative estimate of drug-likeness (QED) is 0.219. The minimum absolute atomic E-state index is 0. The van der Waals surface area contributed by atoms with E-state index in [2.05, 4.69) is 93.9 Å². The zero-order valence-electron chi connectivity index (χ0n) is 24.1. The maximum Gasteiger partial charge on any atom is 0.251 e. The van der Waals surface area contributed by atoms with Gasteiger partial charge in [-0.05, 0) is 22.7 Å². The molecule has 5 atom stereocenters. The monoisotopic (exact) mass is 611 g/mol. The van der Waals surface area contributed by atoms with Crippen LogP contribution in [-0.4, -0.2) is 192 Å². The van der Waals surface area contributed by atoms with E-state index in [1.54, 1.807) is 9.34 Å². The van der Waals surface area contributed by atoms with Crippen molar-refractivity contribution in [1.29, 1.82) is 0 Å². The van der Waals surface area contributed by atoms with E-state index in [1.165, 1.54) is 0 Å². The van der Waals surface area contributed by atoms with Gasteiger partial charge in [-0.3, -0.25) is 18.9 Å². The topological polar surface area (TPSA) is 101 Å². The van der Waals surface area contributed by atoms with Gasteiger partial charge in [0.15, 0.2) is 5.78 Å². The number of amides is 1. The first-order valence-electron chi connectivity index (χ1n) is 12.4. The van der Waals surface area contributed by atoms with E-state index in [-0.39, 0.29) is 26.7 Å². The van der Waals surface area contributed by atoms with Gasteiger partial charge >= 0.3 is 0 Å². The fourth-order valence-electron chi connectivity index (χ4n) is 2.50. The molecule has 1 amide bonds. The normalized spacial score (nSPS) is 21.9. The molecule has 10 nitrogen and oxygen atoms in total. The van der Waals surface area contributed by atoms with E-state index in [4.69, 9.17) is 24.1 Å². The Morgan fingerprint density at radius 1 is 0.854 bits per heavy atom. The maximum atomic E-state index is 10.6. The van der Waals surface area contributed by atoms with Crippen LogP contribution in [0.2, 0.25) is 0 Å². The summed E-state index contributed by atoms with van der Waals surface area (Å²) in [5.41, 5.74) is 0. The highest BCUT2D eigenvalue weighted by atomic mass is 31.0. The number of morpholine rings is 3. The van der Waals surface area contributed by atoms with Crippen LogP contribution in [0, 0.1) is 0 Å². The van der Waals surface area contributed by atoms with Crippen LogP contribution in [0.25, 0.3) is 0 Å². The second kappa shape index (κ2) is 35.3. The van der Waals surface area contributed by atoms with E-state index in [1.807, 2.05) is 0 Å². The highest BCUT2D eigenvalue weighted by Crippen LogP contribution is 2.10. The Bertz CT molecular complexity index is 558. The Labute approximate surface area is 267 Å². The number of carbonyl (C=O) groups excluding carboxylic acids is 2. The molecule has 0 bridgehead atoms. The Morgan fingerprint density at radius 2 is 1.32 bits per heavy atom. The average molecular weight is 610 g/mol. The van der Waals surface area contributed by atoms with Crippen molar-refractivity contribution in [3.05, 3.63) is 0 Å². The molecule has 5 unspecified atom stereocenters. The van der Waals surface area contributed by atoms with E-state index >= 15 is 0 Å². The molecule has 4 saturated heterocycles. The van der Waals surface area contributed by atoms with Gasteiger partial charge in [-0.15, -0.1) is 0 Å². The van der Waals surface area contributed by atoms with Crippen LogP contribution in [0.3, 0.4) is 0 Å².